The number of fused-ring (bicyclic) bond motifs is 1. The summed E-state index contributed by atoms with van der Waals surface area (Å²) in [4.78, 5) is 16.6. The third kappa shape index (κ3) is 1.12. The molecule has 0 amide bonds. The SMILES string of the molecule is O=CC1CN2C(Br)=CC=CC2=N1. The average molecular weight is 227 g/mol. The molecule has 2 heterocycles. The number of aliphatic imine (C=N–C) groups is 1. The third-order valence-corrected chi connectivity index (χ3v) is 2.53. The fourth-order valence-corrected chi connectivity index (χ4v) is 1.75. The highest BCUT2D eigenvalue weighted by Gasteiger charge is 2.25. The summed E-state index contributed by atoms with van der Waals surface area (Å²) < 4.78 is 0.966. The van der Waals surface area contributed by atoms with Crippen molar-refractivity contribution in [2.24, 2.45) is 4.99 Å². The summed E-state index contributed by atoms with van der Waals surface area (Å²) >= 11 is 3.39. The summed E-state index contributed by atoms with van der Waals surface area (Å²) in [6, 6.07) is -0.205. The van der Waals surface area contributed by atoms with Gasteiger partial charge in [-0.25, -0.2) is 0 Å². The summed E-state index contributed by atoms with van der Waals surface area (Å²) in [6.07, 6.45) is 6.62. The topological polar surface area (TPSA) is 32.7 Å². The Labute approximate surface area is 78.6 Å². The fraction of sp³-hybridized carbons (Fsp3) is 0.250. The molecule has 0 aliphatic carbocycles. The zero-order valence-electron chi connectivity index (χ0n) is 6.27. The van der Waals surface area contributed by atoms with E-state index in [0.29, 0.717) is 6.54 Å². The smallest absolute Gasteiger partial charge is 0.146 e. The Kier molecular flexibility index (Phi) is 1.84. The van der Waals surface area contributed by atoms with Crippen LogP contribution in [0.3, 0.4) is 0 Å². The van der Waals surface area contributed by atoms with E-state index in [4.69, 9.17) is 0 Å². The van der Waals surface area contributed by atoms with Crippen LogP contribution < -0.4 is 0 Å². The Balaban J connectivity index is 2.29. The van der Waals surface area contributed by atoms with E-state index in [-0.39, 0.29) is 6.04 Å². The van der Waals surface area contributed by atoms with Crippen molar-refractivity contribution in [2.45, 2.75) is 6.04 Å². The molecule has 0 fully saturated rings. The first kappa shape index (κ1) is 7.73. The second-order valence-electron chi connectivity index (χ2n) is 2.65. The predicted molar refractivity (Wildman–Crippen MR) is 50.1 cm³/mol. The number of carbonyl (C=O) groups is 1. The molecule has 0 bridgehead atoms. The molecule has 12 heavy (non-hydrogen) atoms. The van der Waals surface area contributed by atoms with E-state index in [2.05, 4.69) is 20.9 Å². The molecule has 1 atom stereocenters. The van der Waals surface area contributed by atoms with Crippen LogP contribution in [0.1, 0.15) is 0 Å². The van der Waals surface area contributed by atoms with Gasteiger partial charge in [0.05, 0.1) is 11.2 Å². The summed E-state index contributed by atoms with van der Waals surface area (Å²) in [7, 11) is 0. The van der Waals surface area contributed by atoms with Crippen LogP contribution in [0, 0.1) is 0 Å². The number of aldehydes is 1. The van der Waals surface area contributed by atoms with Crippen molar-refractivity contribution < 1.29 is 4.79 Å². The summed E-state index contributed by atoms with van der Waals surface area (Å²) in [5.41, 5.74) is 0. The molecule has 0 radical (unpaired) electrons. The van der Waals surface area contributed by atoms with Gasteiger partial charge in [-0.05, 0) is 28.1 Å². The average Bonchev–Trinajstić information content (AvgIpc) is 2.49. The second-order valence-corrected chi connectivity index (χ2v) is 3.46. The quantitative estimate of drug-likeness (QED) is 0.495. The van der Waals surface area contributed by atoms with Gasteiger partial charge < -0.3 is 9.69 Å². The molecule has 0 aromatic heterocycles. The highest BCUT2D eigenvalue weighted by atomic mass is 79.9. The molecular formula is C8H7BrN2O. The van der Waals surface area contributed by atoms with Crippen molar-refractivity contribution in [3.63, 3.8) is 0 Å². The lowest BCUT2D eigenvalue weighted by Gasteiger charge is -2.19. The number of allylic oxidation sites excluding steroid dienone is 2. The molecule has 0 saturated heterocycles. The summed E-state index contributed by atoms with van der Waals surface area (Å²) in [5.74, 6) is 0.862. The lowest BCUT2D eigenvalue weighted by atomic mass is 10.3. The molecule has 4 heteroatoms. The van der Waals surface area contributed by atoms with Gasteiger partial charge in [-0.1, -0.05) is 6.08 Å². The van der Waals surface area contributed by atoms with Gasteiger partial charge in [0.25, 0.3) is 0 Å². The highest BCUT2D eigenvalue weighted by Crippen LogP contribution is 2.22. The van der Waals surface area contributed by atoms with E-state index in [0.717, 1.165) is 16.7 Å². The number of hydrogen-bond acceptors (Lipinski definition) is 3. The maximum absolute atomic E-state index is 10.5. The van der Waals surface area contributed by atoms with E-state index in [1.165, 1.54) is 0 Å². The van der Waals surface area contributed by atoms with Crippen molar-refractivity contribution in [3.8, 4) is 0 Å². The van der Waals surface area contributed by atoms with Gasteiger partial charge in [0.15, 0.2) is 0 Å². The van der Waals surface area contributed by atoms with Crippen LogP contribution in [-0.2, 0) is 4.79 Å². The first-order valence-electron chi connectivity index (χ1n) is 3.66. The lowest BCUT2D eigenvalue weighted by Crippen LogP contribution is -2.27. The van der Waals surface area contributed by atoms with Crippen molar-refractivity contribution >= 4 is 28.1 Å². The molecule has 2 rings (SSSR count). The first-order chi connectivity index (χ1) is 5.81. The normalized spacial score (nSPS) is 26.4. The van der Waals surface area contributed by atoms with Crippen LogP contribution in [0.15, 0.2) is 27.8 Å². The molecule has 0 saturated carbocycles. The van der Waals surface area contributed by atoms with Gasteiger partial charge in [0, 0.05) is 0 Å². The number of halogens is 1. The van der Waals surface area contributed by atoms with Crippen LogP contribution in [0.4, 0.5) is 0 Å². The van der Waals surface area contributed by atoms with E-state index in [1.807, 2.05) is 23.1 Å². The molecule has 3 nitrogen and oxygen atoms in total. The number of nitrogens with zero attached hydrogens (tertiary/aromatic N) is 2. The minimum atomic E-state index is -0.205. The van der Waals surface area contributed by atoms with Crippen molar-refractivity contribution in [1.29, 1.82) is 0 Å². The van der Waals surface area contributed by atoms with Crippen LogP contribution in [0.2, 0.25) is 0 Å². The number of rotatable bonds is 1. The Hall–Kier alpha value is -0.900. The molecule has 62 valence electrons. The molecule has 0 aromatic rings. The van der Waals surface area contributed by atoms with Gasteiger partial charge in [-0.15, -0.1) is 0 Å². The molecule has 2 aliphatic rings. The first-order valence-corrected chi connectivity index (χ1v) is 4.45. The Morgan fingerprint density at radius 2 is 2.58 bits per heavy atom. The third-order valence-electron chi connectivity index (χ3n) is 1.84. The molecule has 2 aliphatic heterocycles. The summed E-state index contributed by atoms with van der Waals surface area (Å²) in [5, 5.41) is 0. The van der Waals surface area contributed by atoms with Crippen molar-refractivity contribution in [3.05, 3.63) is 22.8 Å². The van der Waals surface area contributed by atoms with E-state index < -0.39 is 0 Å². The van der Waals surface area contributed by atoms with Gasteiger partial charge in [0.2, 0.25) is 0 Å². The number of hydrogen-bond donors (Lipinski definition) is 0. The Morgan fingerprint density at radius 1 is 1.75 bits per heavy atom. The largest absolute Gasteiger partial charge is 0.318 e. The van der Waals surface area contributed by atoms with Crippen molar-refractivity contribution in [1.82, 2.24) is 4.90 Å². The second kappa shape index (κ2) is 2.86. The standard InChI is InChI=1S/C8H7BrN2O/c9-7-2-1-3-8-10-6(5-12)4-11(7)8/h1-3,5-6H,4H2. The zero-order valence-corrected chi connectivity index (χ0v) is 7.86. The van der Waals surface area contributed by atoms with Gasteiger partial charge in [0.1, 0.15) is 18.2 Å². The maximum atomic E-state index is 10.5. The molecule has 1 unspecified atom stereocenters. The van der Waals surface area contributed by atoms with Gasteiger partial charge in [-0.3, -0.25) is 4.99 Å². The highest BCUT2D eigenvalue weighted by molar-refractivity contribution is 9.11. The zero-order chi connectivity index (χ0) is 8.55. The van der Waals surface area contributed by atoms with Crippen LogP contribution in [0.25, 0.3) is 0 Å². The molecular weight excluding hydrogens is 220 g/mol. The van der Waals surface area contributed by atoms with Crippen LogP contribution in [-0.4, -0.2) is 29.6 Å². The summed E-state index contributed by atoms with van der Waals surface area (Å²) in [6.45, 7) is 0.653. The molecule has 0 spiro atoms. The van der Waals surface area contributed by atoms with Crippen molar-refractivity contribution in [2.75, 3.05) is 6.54 Å². The minimum Gasteiger partial charge on any atom is -0.318 e. The van der Waals surface area contributed by atoms with Gasteiger partial charge >= 0.3 is 0 Å². The predicted octanol–water partition coefficient (Wildman–Crippen LogP) is 1.07. The number of amidine groups is 1. The maximum Gasteiger partial charge on any atom is 0.146 e. The minimum absolute atomic E-state index is 0.205. The monoisotopic (exact) mass is 226 g/mol. The lowest BCUT2D eigenvalue weighted by molar-refractivity contribution is -0.108. The molecule has 0 N–H and O–H groups in total. The van der Waals surface area contributed by atoms with E-state index in [1.54, 1.807) is 0 Å². The Bertz CT molecular complexity index is 306. The fourth-order valence-electron chi connectivity index (χ4n) is 1.27. The Morgan fingerprint density at radius 3 is 3.25 bits per heavy atom. The van der Waals surface area contributed by atoms with E-state index >= 15 is 0 Å². The number of carbonyl (C=O) groups excluding carboxylic acids is 1. The van der Waals surface area contributed by atoms with Crippen LogP contribution in [0.5, 0.6) is 0 Å². The van der Waals surface area contributed by atoms with Crippen LogP contribution >= 0.6 is 15.9 Å². The van der Waals surface area contributed by atoms with Gasteiger partial charge in [-0.2, -0.15) is 0 Å². The van der Waals surface area contributed by atoms with E-state index in [9.17, 15) is 4.79 Å². The molecule has 0 aromatic carbocycles.